The van der Waals surface area contributed by atoms with Crippen molar-refractivity contribution in [1.82, 2.24) is 10.3 Å². The average Bonchev–Trinajstić information content (AvgIpc) is 2.40. The lowest BCUT2D eigenvalue weighted by Gasteiger charge is -2.25. The minimum Gasteiger partial charge on any atom is -0.495 e. The fourth-order valence-corrected chi connectivity index (χ4v) is 1.95. The molecule has 0 aliphatic heterocycles. The lowest BCUT2D eigenvalue weighted by Crippen LogP contribution is -2.33. The van der Waals surface area contributed by atoms with Crippen molar-refractivity contribution in [3.63, 3.8) is 0 Å². The Bertz CT molecular complexity index is 344. The lowest BCUT2D eigenvalue weighted by atomic mass is 10.1. The first kappa shape index (κ1) is 14.9. The molecule has 18 heavy (non-hydrogen) atoms. The summed E-state index contributed by atoms with van der Waals surface area (Å²) < 4.78 is 11.1. The van der Waals surface area contributed by atoms with Crippen LogP contribution in [0.1, 0.15) is 38.9 Å². The van der Waals surface area contributed by atoms with Gasteiger partial charge in [-0.05, 0) is 38.9 Å². The second-order valence-electron chi connectivity index (χ2n) is 4.18. The van der Waals surface area contributed by atoms with Gasteiger partial charge in [0.05, 0.1) is 19.3 Å². The van der Waals surface area contributed by atoms with Crippen LogP contribution < -0.4 is 10.1 Å². The van der Waals surface area contributed by atoms with Crippen molar-refractivity contribution in [2.75, 3.05) is 20.3 Å². The molecule has 0 spiro atoms. The highest BCUT2D eigenvalue weighted by atomic mass is 16.5. The topological polar surface area (TPSA) is 43.4 Å². The van der Waals surface area contributed by atoms with Crippen LogP contribution in [0.5, 0.6) is 5.75 Å². The Balaban J connectivity index is 2.92. The van der Waals surface area contributed by atoms with Crippen LogP contribution in [0.3, 0.4) is 0 Å². The Morgan fingerprint density at radius 3 is 2.78 bits per heavy atom. The molecule has 1 aromatic heterocycles. The molecule has 0 saturated heterocycles. The molecular formula is C14H24N2O2. The molecule has 4 heteroatoms. The molecule has 0 aliphatic rings. The summed E-state index contributed by atoms with van der Waals surface area (Å²) in [5.74, 6) is 0.803. The predicted molar refractivity (Wildman–Crippen MR) is 72.9 cm³/mol. The molecule has 0 fully saturated rings. The van der Waals surface area contributed by atoms with Crippen LogP contribution >= 0.6 is 0 Å². The molecule has 1 heterocycles. The summed E-state index contributed by atoms with van der Waals surface area (Å²) in [6, 6.07) is 3.87. The highest BCUT2D eigenvalue weighted by Crippen LogP contribution is 2.26. The van der Waals surface area contributed by atoms with Gasteiger partial charge < -0.3 is 14.8 Å². The van der Waals surface area contributed by atoms with Crippen LogP contribution in [-0.2, 0) is 4.74 Å². The summed E-state index contributed by atoms with van der Waals surface area (Å²) in [4.78, 5) is 4.44. The molecule has 1 aromatic rings. The van der Waals surface area contributed by atoms with Gasteiger partial charge >= 0.3 is 0 Å². The summed E-state index contributed by atoms with van der Waals surface area (Å²) in [7, 11) is 1.67. The van der Waals surface area contributed by atoms with E-state index in [-0.39, 0.29) is 12.1 Å². The molecule has 1 rings (SSSR count). The van der Waals surface area contributed by atoms with Crippen LogP contribution in [0.4, 0.5) is 0 Å². The van der Waals surface area contributed by atoms with Crippen molar-refractivity contribution in [3.05, 3.63) is 24.0 Å². The van der Waals surface area contributed by atoms with E-state index in [2.05, 4.69) is 24.1 Å². The zero-order valence-corrected chi connectivity index (χ0v) is 11.8. The van der Waals surface area contributed by atoms with Gasteiger partial charge in [-0.2, -0.15) is 0 Å². The number of hydrogen-bond donors (Lipinski definition) is 1. The molecule has 2 atom stereocenters. The summed E-state index contributed by atoms with van der Waals surface area (Å²) in [6.07, 6.45) is 2.92. The minimum absolute atomic E-state index is 0.0565. The van der Waals surface area contributed by atoms with Gasteiger partial charge in [0.2, 0.25) is 0 Å². The van der Waals surface area contributed by atoms with Gasteiger partial charge in [-0.1, -0.05) is 6.92 Å². The van der Waals surface area contributed by atoms with E-state index >= 15 is 0 Å². The lowest BCUT2D eigenvalue weighted by molar-refractivity contribution is 0.0454. The van der Waals surface area contributed by atoms with E-state index in [1.54, 1.807) is 13.3 Å². The number of aromatic nitrogens is 1. The number of methoxy groups -OCH3 is 1. The van der Waals surface area contributed by atoms with Crippen LogP contribution in [0.2, 0.25) is 0 Å². The number of rotatable bonds is 8. The van der Waals surface area contributed by atoms with E-state index in [4.69, 9.17) is 9.47 Å². The normalized spacial score (nSPS) is 14.2. The molecule has 1 N–H and O–H groups in total. The Labute approximate surface area is 110 Å². The maximum absolute atomic E-state index is 5.70. The number of pyridine rings is 1. The molecule has 2 unspecified atom stereocenters. The van der Waals surface area contributed by atoms with E-state index in [9.17, 15) is 0 Å². The van der Waals surface area contributed by atoms with Crippen LogP contribution in [0.25, 0.3) is 0 Å². The monoisotopic (exact) mass is 252 g/mol. The smallest absolute Gasteiger partial charge is 0.142 e. The van der Waals surface area contributed by atoms with Crippen molar-refractivity contribution in [2.45, 2.75) is 39.3 Å². The standard InChI is InChI=1S/C14H24N2O2/c1-5-9-15-13(11(3)18-6-2)14-12(17-4)8-7-10-16-14/h7-8,10-11,13,15H,5-6,9H2,1-4H3. The van der Waals surface area contributed by atoms with E-state index < -0.39 is 0 Å². The average molecular weight is 252 g/mol. The van der Waals surface area contributed by atoms with Gasteiger partial charge in [-0.15, -0.1) is 0 Å². The molecular weight excluding hydrogens is 228 g/mol. The zero-order chi connectivity index (χ0) is 13.4. The Hall–Kier alpha value is -1.13. The van der Waals surface area contributed by atoms with Crippen LogP contribution in [0.15, 0.2) is 18.3 Å². The maximum Gasteiger partial charge on any atom is 0.142 e. The van der Waals surface area contributed by atoms with Gasteiger partial charge in [0.1, 0.15) is 11.4 Å². The predicted octanol–water partition coefficient (Wildman–Crippen LogP) is 2.56. The van der Waals surface area contributed by atoms with Gasteiger partial charge in [-0.3, -0.25) is 4.98 Å². The Kier molecular flexibility index (Phi) is 6.68. The third-order valence-corrected chi connectivity index (χ3v) is 2.83. The third kappa shape index (κ3) is 3.96. The quantitative estimate of drug-likeness (QED) is 0.772. The molecule has 0 aliphatic carbocycles. The second kappa shape index (κ2) is 8.06. The number of ether oxygens (including phenoxy) is 2. The summed E-state index contributed by atoms with van der Waals surface area (Å²) in [5.41, 5.74) is 0.911. The fourth-order valence-electron chi connectivity index (χ4n) is 1.95. The first-order valence-corrected chi connectivity index (χ1v) is 6.58. The van der Waals surface area contributed by atoms with Gasteiger partial charge in [0.15, 0.2) is 0 Å². The zero-order valence-electron chi connectivity index (χ0n) is 11.8. The van der Waals surface area contributed by atoms with E-state index in [1.807, 2.05) is 19.1 Å². The van der Waals surface area contributed by atoms with Crippen molar-refractivity contribution in [3.8, 4) is 5.75 Å². The fraction of sp³-hybridized carbons (Fsp3) is 0.643. The number of nitrogens with one attached hydrogen (secondary N) is 1. The van der Waals surface area contributed by atoms with E-state index in [0.717, 1.165) is 24.4 Å². The molecule has 0 bridgehead atoms. The molecule has 0 aromatic carbocycles. The van der Waals surface area contributed by atoms with Gasteiger partial charge in [0.25, 0.3) is 0 Å². The largest absolute Gasteiger partial charge is 0.495 e. The molecule has 0 amide bonds. The van der Waals surface area contributed by atoms with Crippen LogP contribution in [0, 0.1) is 0 Å². The van der Waals surface area contributed by atoms with E-state index in [1.165, 1.54) is 0 Å². The Morgan fingerprint density at radius 2 is 2.17 bits per heavy atom. The first-order chi connectivity index (χ1) is 8.74. The summed E-state index contributed by atoms with van der Waals surface area (Å²) in [5, 5.41) is 3.48. The summed E-state index contributed by atoms with van der Waals surface area (Å²) in [6.45, 7) is 7.83. The SMILES string of the molecule is CCCNC(c1ncccc1OC)C(C)OCC. The minimum atomic E-state index is 0.0565. The van der Waals surface area contributed by atoms with Crippen molar-refractivity contribution < 1.29 is 9.47 Å². The Morgan fingerprint density at radius 1 is 1.39 bits per heavy atom. The number of nitrogens with zero attached hydrogens (tertiary/aromatic N) is 1. The van der Waals surface area contributed by atoms with Crippen molar-refractivity contribution >= 4 is 0 Å². The molecule has 102 valence electrons. The third-order valence-electron chi connectivity index (χ3n) is 2.83. The van der Waals surface area contributed by atoms with E-state index in [0.29, 0.717) is 6.61 Å². The molecule has 0 radical (unpaired) electrons. The van der Waals surface area contributed by atoms with Crippen molar-refractivity contribution in [1.29, 1.82) is 0 Å². The number of hydrogen-bond acceptors (Lipinski definition) is 4. The van der Waals surface area contributed by atoms with Gasteiger partial charge in [0, 0.05) is 12.8 Å². The molecule has 0 saturated carbocycles. The van der Waals surface area contributed by atoms with Crippen LogP contribution in [-0.4, -0.2) is 31.3 Å². The first-order valence-electron chi connectivity index (χ1n) is 6.58. The highest BCUT2D eigenvalue weighted by Gasteiger charge is 2.23. The summed E-state index contributed by atoms with van der Waals surface area (Å²) >= 11 is 0. The highest BCUT2D eigenvalue weighted by molar-refractivity contribution is 5.30. The molecule has 4 nitrogen and oxygen atoms in total. The van der Waals surface area contributed by atoms with Crippen molar-refractivity contribution in [2.24, 2.45) is 0 Å². The second-order valence-corrected chi connectivity index (χ2v) is 4.18. The maximum atomic E-state index is 5.70. The van der Waals surface area contributed by atoms with Gasteiger partial charge in [-0.25, -0.2) is 0 Å².